The quantitative estimate of drug-likeness (QED) is 0.735. The second-order valence-electron chi connectivity index (χ2n) is 4.28. The molecule has 0 atom stereocenters. The Morgan fingerprint density at radius 3 is 2.38 bits per heavy atom. The van der Waals surface area contributed by atoms with E-state index in [4.69, 9.17) is 0 Å². The van der Waals surface area contributed by atoms with Crippen molar-refractivity contribution in [2.75, 3.05) is 0 Å². The first-order valence-electron chi connectivity index (χ1n) is 5.56. The molecule has 1 aromatic rings. The molecular formula is C13H19NOS. The predicted molar refractivity (Wildman–Crippen MR) is 70.5 cm³/mol. The van der Waals surface area contributed by atoms with E-state index in [0.29, 0.717) is 0 Å². The molecule has 1 amide bonds. The Kier molecular flexibility index (Phi) is 4.74. The first kappa shape index (κ1) is 13.0. The van der Waals surface area contributed by atoms with E-state index in [2.05, 4.69) is 0 Å². The highest BCUT2D eigenvalue weighted by Crippen LogP contribution is 2.12. The van der Waals surface area contributed by atoms with Gasteiger partial charge in [-0.25, -0.2) is 0 Å². The molecular weight excluding hydrogens is 218 g/mol. The molecule has 1 aromatic heterocycles. The molecule has 0 bridgehead atoms. The smallest absolute Gasteiger partial charge is 0.247 e. The van der Waals surface area contributed by atoms with Gasteiger partial charge in [0.15, 0.2) is 0 Å². The molecule has 0 saturated heterocycles. The number of hydrogen-bond donors (Lipinski definition) is 0. The third-order valence-electron chi connectivity index (χ3n) is 2.30. The highest BCUT2D eigenvalue weighted by Gasteiger charge is 2.17. The lowest BCUT2D eigenvalue weighted by Gasteiger charge is -2.29. The minimum atomic E-state index is 0.0819. The van der Waals surface area contributed by atoms with E-state index in [1.807, 2.05) is 56.2 Å². The highest BCUT2D eigenvalue weighted by molar-refractivity contribution is 7.10. The summed E-state index contributed by atoms with van der Waals surface area (Å²) >= 11 is 1.64. The van der Waals surface area contributed by atoms with Crippen molar-refractivity contribution < 1.29 is 4.79 Å². The van der Waals surface area contributed by atoms with Crippen molar-refractivity contribution in [1.82, 2.24) is 4.90 Å². The van der Waals surface area contributed by atoms with Crippen LogP contribution in [0.1, 0.15) is 32.6 Å². The lowest BCUT2D eigenvalue weighted by molar-refractivity contribution is -0.129. The van der Waals surface area contributed by atoms with Gasteiger partial charge in [-0.15, -0.1) is 11.3 Å². The van der Waals surface area contributed by atoms with E-state index in [0.717, 1.165) is 4.88 Å². The van der Waals surface area contributed by atoms with Crippen LogP contribution in [0.4, 0.5) is 0 Å². The maximum absolute atomic E-state index is 12.0. The molecule has 0 fully saturated rings. The Hall–Kier alpha value is -1.09. The summed E-state index contributed by atoms with van der Waals surface area (Å²) in [5.41, 5.74) is 0. The van der Waals surface area contributed by atoms with Crippen LogP contribution < -0.4 is 0 Å². The molecule has 0 saturated carbocycles. The maximum atomic E-state index is 12.0. The van der Waals surface area contributed by atoms with Crippen LogP contribution >= 0.6 is 11.3 Å². The molecule has 1 rings (SSSR count). The van der Waals surface area contributed by atoms with Crippen molar-refractivity contribution in [2.45, 2.75) is 39.8 Å². The van der Waals surface area contributed by atoms with Gasteiger partial charge >= 0.3 is 0 Å². The van der Waals surface area contributed by atoms with Gasteiger partial charge in [0.1, 0.15) is 0 Å². The average Bonchev–Trinajstić information content (AvgIpc) is 2.65. The minimum Gasteiger partial charge on any atom is -0.334 e. The van der Waals surface area contributed by atoms with E-state index in [1.165, 1.54) is 0 Å². The van der Waals surface area contributed by atoms with Crippen LogP contribution in [0, 0.1) is 0 Å². The lowest BCUT2D eigenvalue weighted by atomic mass is 10.2. The van der Waals surface area contributed by atoms with Crippen molar-refractivity contribution in [3.63, 3.8) is 0 Å². The lowest BCUT2D eigenvalue weighted by Crippen LogP contribution is -2.41. The van der Waals surface area contributed by atoms with E-state index in [9.17, 15) is 4.79 Å². The summed E-state index contributed by atoms with van der Waals surface area (Å²) < 4.78 is 0. The minimum absolute atomic E-state index is 0.0819. The van der Waals surface area contributed by atoms with Gasteiger partial charge in [0.25, 0.3) is 0 Å². The van der Waals surface area contributed by atoms with Gasteiger partial charge in [-0.05, 0) is 45.2 Å². The van der Waals surface area contributed by atoms with Crippen LogP contribution in [0.25, 0.3) is 6.08 Å². The fraction of sp³-hybridized carbons (Fsp3) is 0.462. The molecule has 0 aliphatic carbocycles. The fourth-order valence-corrected chi connectivity index (χ4v) is 2.35. The van der Waals surface area contributed by atoms with E-state index < -0.39 is 0 Å². The summed E-state index contributed by atoms with van der Waals surface area (Å²) in [7, 11) is 0. The van der Waals surface area contributed by atoms with Gasteiger partial charge in [0.2, 0.25) is 5.91 Å². The Balaban J connectivity index is 2.70. The molecule has 1 heterocycles. The van der Waals surface area contributed by atoms with Gasteiger partial charge in [-0.1, -0.05) is 6.07 Å². The number of hydrogen-bond acceptors (Lipinski definition) is 2. The maximum Gasteiger partial charge on any atom is 0.247 e. The zero-order chi connectivity index (χ0) is 12.1. The SMILES string of the molecule is CC(C)N(C(=O)/C=C/c1cccs1)C(C)C. The van der Waals surface area contributed by atoms with Gasteiger partial charge in [-0.2, -0.15) is 0 Å². The Bertz CT molecular complexity index is 344. The van der Waals surface area contributed by atoms with E-state index >= 15 is 0 Å². The molecule has 0 spiro atoms. The van der Waals surface area contributed by atoms with Gasteiger partial charge in [0.05, 0.1) is 0 Å². The molecule has 0 radical (unpaired) electrons. The number of carbonyl (C=O) groups is 1. The molecule has 0 unspecified atom stereocenters. The van der Waals surface area contributed by atoms with Crippen LogP contribution in [-0.4, -0.2) is 22.9 Å². The summed E-state index contributed by atoms with van der Waals surface area (Å²) in [4.78, 5) is 15.0. The van der Waals surface area contributed by atoms with Gasteiger partial charge in [0, 0.05) is 23.0 Å². The largest absolute Gasteiger partial charge is 0.334 e. The Morgan fingerprint density at radius 2 is 1.94 bits per heavy atom. The van der Waals surface area contributed by atoms with Crippen LogP contribution in [0.3, 0.4) is 0 Å². The molecule has 0 aliphatic rings. The first-order valence-corrected chi connectivity index (χ1v) is 6.44. The molecule has 0 aromatic carbocycles. The number of rotatable bonds is 4. The molecule has 88 valence electrons. The van der Waals surface area contributed by atoms with E-state index in [-0.39, 0.29) is 18.0 Å². The Morgan fingerprint density at radius 1 is 1.31 bits per heavy atom. The van der Waals surface area contributed by atoms with Crippen LogP contribution in [-0.2, 0) is 4.79 Å². The molecule has 16 heavy (non-hydrogen) atoms. The topological polar surface area (TPSA) is 20.3 Å². The third-order valence-corrected chi connectivity index (χ3v) is 3.14. The fourth-order valence-electron chi connectivity index (χ4n) is 1.73. The third kappa shape index (κ3) is 3.49. The number of carbonyl (C=O) groups excluding carboxylic acids is 1. The van der Waals surface area contributed by atoms with Crippen LogP contribution in [0.5, 0.6) is 0 Å². The summed E-state index contributed by atoms with van der Waals surface area (Å²) in [6, 6.07) is 4.46. The second kappa shape index (κ2) is 5.85. The van der Waals surface area contributed by atoms with Gasteiger partial charge in [-0.3, -0.25) is 4.79 Å². The summed E-state index contributed by atoms with van der Waals surface area (Å²) in [5.74, 6) is 0.0819. The summed E-state index contributed by atoms with van der Waals surface area (Å²) in [5, 5.41) is 2.01. The second-order valence-corrected chi connectivity index (χ2v) is 5.26. The molecule has 0 N–H and O–H groups in total. The van der Waals surface area contributed by atoms with Crippen molar-refractivity contribution >= 4 is 23.3 Å². The standard InChI is InChI=1S/C13H19NOS/c1-10(2)14(11(3)4)13(15)8-7-12-6-5-9-16-12/h5-11H,1-4H3/b8-7+. The molecule has 3 heteroatoms. The predicted octanol–water partition coefficient (Wildman–Crippen LogP) is 3.41. The summed E-state index contributed by atoms with van der Waals surface area (Å²) in [6.07, 6.45) is 3.54. The molecule has 2 nitrogen and oxygen atoms in total. The van der Waals surface area contributed by atoms with E-state index in [1.54, 1.807) is 17.4 Å². The number of amides is 1. The number of nitrogens with zero attached hydrogens (tertiary/aromatic N) is 1. The average molecular weight is 237 g/mol. The Labute approximate surface area is 102 Å². The van der Waals surface area contributed by atoms with Crippen LogP contribution in [0.2, 0.25) is 0 Å². The number of thiophene rings is 1. The highest BCUT2D eigenvalue weighted by atomic mass is 32.1. The normalized spacial score (nSPS) is 11.6. The summed E-state index contributed by atoms with van der Waals surface area (Å²) in [6.45, 7) is 8.15. The zero-order valence-electron chi connectivity index (χ0n) is 10.3. The van der Waals surface area contributed by atoms with Crippen molar-refractivity contribution in [2.24, 2.45) is 0 Å². The monoisotopic (exact) mass is 237 g/mol. The van der Waals surface area contributed by atoms with Crippen molar-refractivity contribution in [3.05, 3.63) is 28.5 Å². The van der Waals surface area contributed by atoms with Crippen molar-refractivity contribution in [3.8, 4) is 0 Å². The first-order chi connectivity index (χ1) is 7.52. The molecule has 0 aliphatic heterocycles. The van der Waals surface area contributed by atoms with Gasteiger partial charge < -0.3 is 4.90 Å². The zero-order valence-corrected chi connectivity index (χ0v) is 11.1. The van der Waals surface area contributed by atoms with Crippen molar-refractivity contribution in [1.29, 1.82) is 0 Å². The van der Waals surface area contributed by atoms with Crippen LogP contribution in [0.15, 0.2) is 23.6 Å².